The molecule has 0 saturated carbocycles. The molecule has 1 unspecified atom stereocenters. The molecule has 0 fully saturated rings. The second-order valence-corrected chi connectivity index (χ2v) is 4.04. The van der Waals surface area contributed by atoms with Crippen molar-refractivity contribution in [3.63, 3.8) is 0 Å². The molecule has 2 heteroatoms. The first-order valence-electron chi connectivity index (χ1n) is 4.33. The molecule has 0 radical (unpaired) electrons. The predicted octanol–water partition coefficient (Wildman–Crippen LogP) is 1.96. The maximum atomic E-state index is 9.47. The molecule has 0 spiro atoms. The van der Waals surface area contributed by atoms with Gasteiger partial charge in [-0.3, -0.25) is 0 Å². The first-order chi connectivity index (χ1) is 5.52. The van der Waals surface area contributed by atoms with E-state index in [0.717, 1.165) is 6.42 Å². The lowest BCUT2D eigenvalue weighted by molar-refractivity contribution is 0.0659. The molecule has 0 amide bonds. The molecule has 1 atom stereocenters. The summed E-state index contributed by atoms with van der Waals surface area (Å²) in [6, 6.07) is 4.03. The van der Waals surface area contributed by atoms with Crippen molar-refractivity contribution in [3.05, 3.63) is 24.0 Å². The highest BCUT2D eigenvalue weighted by molar-refractivity contribution is 5.06. The van der Waals surface area contributed by atoms with Crippen LogP contribution in [0.2, 0.25) is 0 Å². The molecule has 1 aromatic rings. The van der Waals surface area contributed by atoms with E-state index in [1.165, 1.54) is 5.69 Å². The molecule has 1 aromatic heterocycles. The summed E-state index contributed by atoms with van der Waals surface area (Å²) in [5.41, 5.74) is 1.13. The molecule has 0 aliphatic carbocycles. The van der Waals surface area contributed by atoms with Gasteiger partial charge in [0.1, 0.15) is 0 Å². The van der Waals surface area contributed by atoms with Crippen LogP contribution in [0.3, 0.4) is 0 Å². The number of H-pyrrole nitrogens is 1. The fourth-order valence-corrected chi connectivity index (χ4v) is 1.12. The molecular formula is C10H17NO. The van der Waals surface area contributed by atoms with Crippen molar-refractivity contribution >= 4 is 0 Å². The minimum Gasteiger partial charge on any atom is -0.393 e. The molecular weight excluding hydrogens is 150 g/mol. The first kappa shape index (κ1) is 9.33. The van der Waals surface area contributed by atoms with Crippen molar-refractivity contribution in [2.24, 2.45) is 5.41 Å². The molecule has 1 heterocycles. The van der Waals surface area contributed by atoms with Crippen molar-refractivity contribution < 1.29 is 5.11 Å². The van der Waals surface area contributed by atoms with Gasteiger partial charge in [-0.2, -0.15) is 0 Å². The van der Waals surface area contributed by atoms with E-state index < -0.39 is 0 Å². The quantitative estimate of drug-likeness (QED) is 0.709. The molecule has 68 valence electrons. The van der Waals surface area contributed by atoms with Gasteiger partial charge >= 0.3 is 0 Å². The fourth-order valence-electron chi connectivity index (χ4n) is 1.12. The van der Waals surface area contributed by atoms with E-state index in [-0.39, 0.29) is 11.5 Å². The fraction of sp³-hybridized carbons (Fsp3) is 0.600. The van der Waals surface area contributed by atoms with Gasteiger partial charge in [0.15, 0.2) is 0 Å². The van der Waals surface area contributed by atoms with Crippen LogP contribution in [0, 0.1) is 5.41 Å². The predicted molar refractivity (Wildman–Crippen MR) is 50.0 cm³/mol. The monoisotopic (exact) mass is 167 g/mol. The Hall–Kier alpha value is -0.760. The Morgan fingerprint density at radius 2 is 2.25 bits per heavy atom. The maximum absolute atomic E-state index is 9.47. The highest BCUT2D eigenvalue weighted by Gasteiger charge is 2.24. The number of aromatic nitrogens is 1. The minimum atomic E-state index is -0.277. The summed E-state index contributed by atoms with van der Waals surface area (Å²) in [6.07, 6.45) is 2.52. The van der Waals surface area contributed by atoms with Crippen molar-refractivity contribution in [1.29, 1.82) is 0 Å². The Balaban J connectivity index is 2.62. The lowest BCUT2D eigenvalue weighted by Crippen LogP contribution is -2.28. The van der Waals surface area contributed by atoms with Crippen LogP contribution in [-0.2, 0) is 6.42 Å². The summed E-state index contributed by atoms with van der Waals surface area (Å²) in [5, 5.41) is 9.47. The standard InChI is InChI=1S/C10H17NO/c1-8(12)10(2,3)7-9-5-4-6-11-9/h4-6,8,11-12H,7H2,1-3H3. The average molecular weight is 167 g/mol. The van der Waals surface area contributed by atoms with E-state index in [0.29, 0.717) is 0 Å². The lowest BCUT2D eigenvalue weighted by atomic mass is 9.83. The van der Waals surface area contributed by atoms with Gasteiger partial charge in [0, 0.05) is 11.9 Å². The molecule has 0 aromatic carbocycles. The van der Waals surface area contributed by atoms with Crippen LogP contribution >= 0.6 is 0 Å². The smallest absolute Gasteiger partial charge is 0.0566 e. The summed E-state index contributed by atoms with van der Waals surface area (Å²) in [6.45, 7) is 5.97. The third kappa shape index (κ3) is 2.11. The zero-order chi connectivity index (χ0) is 9.19. The molecule has 0 bridgehead atoms. The largest absolute Gasteiger partial charge is 0.393 e. The van der Waals surface area contributed by atoms with Gasteiger partial charge in [-0.1, -0.05) is 13.8 Å². The molecule has 0 aliphatic rings. The number of rotatable bonds is 3. The first-order valence-corrected chi connectivity index (χ1v) is 4.33. The topological polar surface area (TPSA) is 36.0 Å². The Morgan fingerprint density at radius 3 is 2.67 bits per heavy atom. The minimum absolute atomic E-state index is 0.0507. The van der Waals surface area contributed by atoms with Gasteiger partial charge in [0.25, 0.3) is 0 Å². The molecule has 12 heavy (non-hydrogen) atoms. The number of hydrogen-bond acceptors (Lipinski definition) is 1. The Kier molecular flexibility index (Phi) is 2.58. The summed E-state index contributed by atoms with van der Waals surface area (Å²) in [5.74, 6) is 0. The van der Waals surface area contributed by atoms with Gasteiger partial charge in [-0.15, -0.1) is 0 Å². The maximum Gasteiger partial charge on any atom is 0.0566 e. The third-order valence-electron chi connectivity index (χ3n) is 2.44. The Morgan fingerprint density at radius 1 is 1.58 bits per heavy atom. The van der Waals surface area contributed by atoms with Gasteiger partial charge < -0.3 is 10.1 Å². The normalized spacial score (nSPS) is 14.7. The molecule has 1 rings (SSSR count). The van der Waals surface area contributed by atoms with Crippen molar-refractivity contribution in [3.8, 4) is 0 Å². The number of aliphatic hydroxyl groups is 1. The molecule has 2 nitrogen and oxygen atoms in total. The zero-order valence-electron chi connectivity index (χ0n) is 7.96. The van der Waals surface area contributed by atoms with Crippen LogP contribution in [0.4, 0.5) is 0 Å². The van der Waals surface area contributed by atoms with Gasteiger partial charge in [-0.05, 0) is 30.9 Å². The van der Waals surface area contributed by atoms with Crippen LogP contribution in [0.5, 0.6) is 0 Å². The van der Waals surface area contributed by atoms with Crippen LogP contribution in [-0.4, -0.2) is 16.2 Å². The average Bonchev–Trinajstić information content (AvgIpc) is 2.38. The van der Waals surface area contributed by atoms with Crippen molar-refractivity contribution in [1.82, 2.24) is 4.98 Å². The zero-order valence-corrected chi connectivity index (χ0v) is 7.96. The molecule has 0 saturated heterocycles. The van der Waals surface area contributed by atoms with Gasteiger partial charge in [-0.25, -0.2) is 0 Å². The van der Waals surface area contributed by atoms with Crippen LogP contribution in [0.1, 0.15) is 26.5 Å². The number of nitrogens with one attached hydrogen (secondary N) is 1. The molecule has 2 N–H and O–H groups in total. The van der Waals surface area contributed by atoms with Crippen molar-refractivity contribution in [2.75, 3.05) is 0 Å². The van der Waals surface area contributed by atoms with Crippen LogP contribution in [0.15, 0.2) is 18.3 Å². The second kappa shape index (κ2) is 3.31. The van der Waals surface area contributed by atoms with E-state index in [1.807, 2.05) is 25.3 Å². The summed E-state index contributed by atoms with van der Waals surface area (Å²) in [7, 11) is 0. The van der Waals surface area contributed by atoms with Crippen LogP contribution < -0.4 is 0 Å². The Bertz CT molecular complexity index is 224. The highest BCUT2D eigenvalue weighted by Crippen LogP contribution is 2.24. The summed E-state index contributed by atoms with van der Waals surface area (Å²) in [4.78, 5) is 3.14. The lowest BCUT2D eigenvalue weighted by Gasteiger charge is -2.27. The SMILES string of the molecule is CC(O)C(C)(C)Cc1ccc[nH]1. The van der Waals surface area contributed by atoms with E-state index in [2.05, 4.69) is 18.8 Å². The van der Waals surface area contributed by atoms with E-state index >= 15 is 0 Å². The summed E-state index contributed by atoms with van der Waals surface area (Å²) < 4.78 is 0. The van der Waals surface area contributed by atoms with Crippen LogP contribution in [0.25, 0.3) is 0 Å². The summed E-state index contributed by atoms with van der Waals surface area (Å²) >= 11 is 0. The number of aromatic amines is 1. The second-order valence-electron chi connectivity index (χ2n) is 4.04. The number of hydrogen-bond donors (Lipinski definition) is 2. The third-order valence-corrected chi connectivity index (χ3v) is 2.44. The van der Waals surface area contributed by atoms with E-state index in [9.17, 15) is 5.11 Å². The van der Waals surface area contributed by atoms with E-state index in [4.69, 9.17) is 0 Å². The molecule has 0 aliphatic heterocycles. The van der Waals surface area contributed by atoms with Gasteiger partial charge in [0.2, 0.25) is 0 Å². The number of aliphatic hydroxyl groups excluding tert-OH is 1. The highest BCUT2D eigenvalue weighted by atomic mass is 16.3. The van der Waals surface area contributed by atoms with Gasteiger partial charge in [0.05, 0.1) is 6.10 Å². The van der Waals surface area contributed by atoms with E-state index in [1.54, 1.807) is 0 Å². The Labute approximate surface area is 73.6 Å². The van der Waals surface area contributed by atoms with Crippen molar-refractivity contribution in [2.45, 2.75) is 33.3 Å².